The summed E-state index contributed by atoms with van der Waals surface area (Å²) in [5.41, 5.74) is 3.81. The van der Waals surface area contributed by atoms with Crippen LogP contribution in [0, 0.1) is 6.92 Å². The SMILES string of the molecule is CCN1CCN(C2=C(c3ccc(NC(C)=O)cc3)C(=O)N(c3ccc(C)cc3)C2=O)CC1. The number of hydrogen-bond acceptors (Lipinski definition) is 5. The van der Waals surface area contributed by atoms with Crippen LogP contribution in [0.3, 0.4) is 0 Å². The number of carbonyl (C=O) groups is 3. The summed E-state index contributed by atoms with van der Waals surface area (Å²) >= 11 is 0. The maximum Gasteiger partial charge on any atom is 0.282 e. The molecule has 2 aromatic rings. The third kappa shape index (κ3) is 4.16. The molecular formula is C25H28N4O3. The van der Waals surface area contributed by atoms with Gasteiger partial charge in [-0.2, -0.15) is 0 Å². The average Bonchev–Trinajstić information content (AvgIpc) is 3.05. The van der Waals surface area contributed by atoms with Gasteiger partial charge in [0.2, 0.25) is 5.91 Å². The van der Waals surface area contributed by atoms with E-state index in [2.05, 4.69) is 17.1 Å². The molecule has 7 nitrogen and oxygen atoms in total. The summed E-state index contributed by atoms with van der Waals surface area (Å²) in [6.07, 6.45) is 0. The van der Waals surface area contributed by atoms with Gasteiger partial charge in [-0.3, -0.25) is 14.4 Å². The summed E-state index contributed by atoms with van der Waals surface area (Å²) < 4.78 is 0. The highest BCUT2D eigenvalue weighted by Gasteiger charge is 2.42. The van der Waals surface area contributed by atoms with E-state index in [4.69, 9.17) is 0 Å². The number of aryl methyl sites for hydroxylation is 1. The van der Waals surface area contributed by atoms with Crippen LogP contribution in [-0.2, 0) is 14.4 Å². The van der Waals surface area contributed by atoms with Gasteiger partial charge in [0.1, 0.15) is 5.70 Å². The maximum absolute atomic E-state index is 13.6. The number of carbonyl (C=O) groups excluding carboxylic acids is 3. The van der Waals surface area contributed by atoms with Crippen LogP contribution < -0.4 is 10.2 Å². The molecule has 0 spiro atoms. The lowest BCUT2D eigenvalue weighted by Gasteiger charge is -2.36. The zero-order valence-electron chi connectivity index (χ0n) is 18.7. The Morgan fingerprint density at radius 2 is 1.53 bits per heavy atom. The molecule has 1 saturated heterocycles. The second-order valence-corrected chi connectivity index (χ2v) is 8.18. The van der Waals surface area contributed by atoms with Crippen LogP contribution in [0.25, 0.3) is 5.57 Å². The smallest absolute Gasteiger partial charge is 0.282 e. The average molecular weight is 433 g/mol. The van der Waals surface area contributed by atoms with Crippen LogP contribution >= 0.6 is 0 Å². The molecule has 7 heteroatoms. The van der Waals surface area contributed by atoms with Crippen LogP contribution in [-0.4, -0.2) is 60.2 Å². The van der Waals surface area contributed by atoms with Gasteiger partial charge in [-0.15, -0.1) is 0 Å². The molecule has 0 saturated carbocycles. The van der Waals surface area contributed by atoms with Gasteiger partial charge in [-0.25, -0.2) is 4.90 Å². The number of nitrogens with zero attached hydrogens (tertiary/aromatic N) is 3. The van der Waals surface area contributed by atoms with E-state index in [9.17, 15) is 14.4 Å². The van der Waals surface area contributed by atoms with Crippen LogP contribution in [0.1, 0.15) is 25.0 Å². The number of nitrogens with one attached hydrogen (secondary N) is 1. The lowest BCUT2D eigenvalue weighted by molar-refractivity contribution is -0.121. The Morgan fingerprint density at radius 1 is 0.906 bits per heavy atom. The van der Waals surface area contributed by atoms with Crippen molar-refractivity contribution in [1.29, 1.82) is 0 Å². The number of benzene rings is 2. The fourth-order valence-corrected chi connectivity index (χ4v) is 4.21. The van der Waals surface area contributed by atoms with Gasteiger partial charge in [0, 0.05) is 38.8 Å². The lowest BCUT2D eigenvalue weighted by Crippen LogP contribution is -2.47. The Balaban J connectivity index is 1.74. The van der Waals surface area contributed by atoms with Crippen LogP contribution in [0.2, 0.25) is 0 Å². The van der Waals surface area contributed by atoms with E-state index < -0.39 is 0 Å². The lowest BCUT2D eigenvalue weighted by atomic mass is 10.0. The first-order valence-corrected chi connectivity index (χ1v) is 10.9. The molecule has 2 aliphatic rings. The minimum Gasteiger partial charge on any atom is -0.364 e. The Morgan fingerprint density at radius 3 is 2.09 bits per heavy atom. The first-order chi connectivity index (χ1) is 15.4. The van der Waals surface area contributed by atoms with Crippen molar-refractivity contribution in [3.05, 3.63) is 65.4 Å². The number of likely N-dealkylation sites (N-methyl/N-ethyl adjacent to an activating group) is 1. The third-order valence-corrected chi connectivity index (χ3v) is 5.98. The monoisotopic (exact) mass is 432 g/mol. The highest BCUT2D eigenvalue weighted by Crippen LogP contribution is 2.35. The minimum atomic E-state index is -0.320. The van der Waals surface area contributed by atoms with Crippen LogP contribution in [0.15, 0.2) is 54.2 Å². The highest BCUT2D eigenvalue weighted by molar-refractivity contribution is 6.45. The summed E-state index contributed by atoms with van der Waals surface area (Å²) in [4.78, 5) is 44.2. The van der Waals surface area contributed by atoms with Crippen molar-refractivity contribution in [2.75, 3.05) is 42.9 Å². The van der Waals surface area contributed by atoms with E-state index in [1.54, 1.807) is 36.4 Å². The molecular weight excluding hydrogens is 404 g/mol. The number of piperazine rings is 1. The Labute approximate surface area is 188 Å². The molecule has 0 radical (unpaired) electrons. The van der Waals surface area contributed by atoms with E-state index in [1.165, 1.54) is 11.8 Å². The summed E-state index contributed by atoms with van der Waals surface area (Å²) in [5.74, 6) is -0.770. The number of anilines is 2. The molecule has 1 fully saturated rings. The van der Waals surface area contributed by atoms with Crippen molar-refractivity contribution < 1.29 is 14.4 Å². The van der Waals surface area contributed by atoms with Gasteiger partial charge in [-0.1, -0.05) is 36.8 Å². The quantitative estimate of drug-likeness (QED) is 0.736. The van der Waals surface area contributed by atoms with Gasteiger partial charge in [0.05, 0.1) is 11.3 Å². The Hall–Kier alpha value is -3.45. The van der Waals surface area contributed by atoms with E-state index in [1.807, 2.05) is 24.0 Å². The standard InChI is InChI=1S/C25H28N4O3/c1-4-27-13-15-28(16-14-27)23-22(19-7-9-20(10-8-19)26-18(3)30)24(31)29(25(23)32)21-11-5-17(2)6-12-21/h5-12H,4,13-16H2,1-3H3,(H,26,30). The van der Waals surface area contributed by atoms with Crippen LogP contribution in [0.4, 0.5) is 11.4 Å². The van der Waals surface area contributed by atoms with Crippen molar-refractivity contribution in [3.8, 4) is 0 Å². The van der Waals surface area contributed by atoms with Gasteiger partial charge < -0.3 is 15.1 Å². The van der Waals surface area contributed by atoms with Crippen molar-refractivity contribution in [3.63, 3.8) is 0 Å². The molecule has 32 heavy (non-hydrogen) atoms. The van der Waals surface area contributed by atoms with Gasteiger partial charge in [-0.05, 0) is 43.3 Å². The topological polar surface area (TPSA) is 73.0 Å². The molecule has 166 valence electrons. The Kier molecular flexibility index (Phi) is 6.10. The fourth-order valence-electron chi connectivity index (χ4n) is 4.21. The van der Waals surface area contributed by atoms with Crippen molar-refractivity contribution in [2.24, 2.45) is 0 Å². The first-order valence-electron chi connectivity index (χ1n) is 10.9. The molecule has 3 amide bonds. The Bertz CT molecular complexity index is 1070. The van der Waals surface area contributed by atoms with E-state index in [0.29, 0.717) is 41.3 Å². The van der Waals surface area contributed by atoms with Crippen molar-refractivity contribution >= 4 is 34.7 Å². The van der Waals surface area contributed by atoms with Gasteiger partial charge in [0.25, 0.3) is 11.8 Å². The molecule has 0 aromatic heterocycles. The molecule has 2 aliphatic heterocycles. The molecule has 0 bridgehead atoms. The normalized spacial score (nSPS) is 17.3. The number of hydrogen-bond donors (Lipinski definition) is 1. The molecule has 0 unspecified atom stereocenters. The predicted molar refractivity (Wildman–Crippen MR) is 125 cm³/mol. The van der Waals surface area contributed by atoms with E-state index >= 15 is 0 Å². The third-order valence-electron chi connectivity index (χ3n) is 5.98. The van der Waals surface area contributed by atoms with Crippen molar-refractivity contribution in [1.82, 2.24) is 9.80 Å². The zero-order chi connectivity index (χ0) is 22.8. The molecule has 4 rings (SSSR count). The minimum absolute atomic E-state index is 0.163. The molecule has 0 atom stereocenters. The second-order valence-electron chi connectivity index (χ2n) is 8.18. The fraction of sp³-hybridized carbons (Fsp3) is 0.320. The molecule has 2 aromatic carbocycles. The van der Waals surface area contributed by atoms with E-state index in [-0.39, 0.29) is 17.7 Å². The zero-order valence-corrected chi connectivity index (χ0v) is 18.7. The second kappa shape index (κ2) is 8.96. The number of imide groups is 1. The summed E-state index contributed by atoms with van der Waals surface area (Å²) in [6.45, 7) is 9.59. The first kappa shape index (κ1) is 21.8. The maximum atomic E-state index is 13.6. The molecule has 2 heterocycles. The largest absolute Gasteiger partial charge is 0.364 e. The van der Waals surface area contributed by atoms with Gasteiger partial charge in [0.15, 0.2) is 0 Å². The van der Waals surface area contributed by atoms with Crippen LogP contribution in [0.5, 0.6) is 0 Å². The summed E-state index contributed by atoms with van der Waals surface area (Å²) in [7, 11) is 0. The molecule has 0 aliphatic carbocycles. The highest BCUT2D eigenvalue weighted by atomic mass is 16.2. The summed E-state index contributed by atoms with van der Waals surface area (Å²) in [5, 5.41) is 2.74. The van der Waals surface area contributed by atoms with Gasteiger partial charge >= 0.3 is 0 Å². The predicted octanol–water partition coefficient (Wildman–Crippen LogP) is 2.88. The summed E-state index contributed by atoms with van der Waals surface area (Å²) in [6, 6.07) is 14.5. The number of rotatable bonds is 5. The number of amides is 3. The van der Waals surface area contributed by atoms with Crippen molar-refractivity contribution in [2.45, 2.75) is 20.8 Å². The van der Waals surface area contributed by atoms with E-state index in [0.717, 1.165) is 25.2 Å². The molecule has 1 N–H and O–H groups in total.